The van der Waals surface area contributed by atoms with E-state index in [4.69, 9.17) is 0 Å². The number of fused-ring (bicyclic) bond motifs is 1. The van der Waals surface area contributed by atoms with Crippen LogP contribution in [0.25, 0.3) is 0 Å². The Morgan fingerprint density at radius 1 is 1.23 bits per heavy atom. The molecule has 2 aliphatic rings. The van der Waals surface area contributed by atoms with Crippen molar-refractivity contribution in [1.82, 2.24) is 15.7 Å². The summed E-state index contributed by atoms with van der Waals surface area (Å²) in [4.78, 5) is 11.2. The highest BCUT2D eigenvalue weighted by molar-refractivity contribution is 7.98. The molecule has 3 rings (SSSR count). The maximum absolute atomic E-state index is 11.2. The summed E-state index contributed by atoms with van der Waals surface area (Å²) < 4.78 is 3.16. The van der Waals surface area contributed by atoms with E-state index >= 15 is 0 Å². The Morgan fingerprint density at radius 3 is 2.45 bits per heavy atom. The van der Waals surface area contributed by atoms with Gasteiger partial charge in [0.2, 0.25) is 0 Å². The topological polar surface area (TPSA) is 77.0 Å². The van der Waals surface area contributed by atoms with Gasteiger partial charge in [-0.05, 0) is 90.5 Å². The van der Waals surface area contributed by atoms with Crippen LogP contribution in [0.5, 0.6) is 0 Å². The zero-order valence-electron chi connectivity index (χ0n) is 20.4. The van der Waals surface area contributed by atoms with E-state index in [-0.39, 0.29) is 16.3 Å². The van der Waals surface area contributed by atoms with Crippen LogP contribution in [0, 0.1) is 10.8 Å². The Kier molecular flexibility index (Phi) is 6.69. The molecular formula is C24H40N4O2S. The molecule has 1 aromatic carbocycles. The third-order valence-corrected chi connectivity index (χ3v) is 8.45. The van der Waals surface area contributed by atoms with E-state index in [2.05, 4.69) is 75.0 Å². The summed E-state index contributed by atoms with van der Waals surface area (Å²) in [5.74, 6) is 0.518. The summed E-state index contributed by atoms with van der Waals surface area (Å²) in [5.41, 5.74) is 2.68. The Labute approximate surface area is 192 Å². The van der Waals surface area contributed by atoms with Gasteiger partial charge in [-0.1, -0.05) is 25.1 Å². The summed E-state index contributed by atoms with van der Waals surface area (Å²) >= 11 is 1.08. The SMILES string of the molecule is CCC1(C)c2cc(C(CNCC3CC(C)(C)NC3(C)C)SN=O)ccc2C(C)(C)N1O. The van der Waals surface area contributed by atoms with Crippen molar-refractivity contribution in [1.29, 1.82) is 0 Å². The van der Waals surface area contributed by atoms with Crippen molar-refractivity contribution in [2.24, 2.45) is 10.5 Å². The third-order valence-electron chi connectivity index (χ3n) is 7.67. The molecule has 0 amide bonds. The minimum Gasteiger partial charge on any atom is -0.315 e. The normalized spacial score (nSPS) is 29.6. The first-order chi connectivity index (χ1) is 14.3. The highest BCUT2D eigenvalue weighted by Crippen LogP contribution is 2.50. The van der Waals surface area contributed by atoms with Gasteiger partial charge in [0.25, 0.3) is 0 Å². The standard InChI is InChI=1S/C24H40N4O2S/c1-9-24(8)19-12-16(10-11-18(19)23(6,7)28(24)30)20(31-27-29)15-25-14-17-13-21(2,3)26-22(17,4)5/h10-12,17,20,25-26,30H,9,13-15H2,1-8H3. The number of nitrogens with zero attached hydrogens (tertiary/aromatic N) is 2. The number of hydrogen-bond acceptors (Lipinski definition) is 7. The molecular weight excluding hydrogens is 408 g/mol. The van der Waals surface area contributed by atoms with Crippen molar-refractivity contribution in [2.45, 2.75) is 95.6 Å². The van der Waals surface area contributed by atoms with Crippen molar-refractivity contribution >= 4 is 11.9 Å². The average Bonchev–Trinajstić information content (AvgIpc) is 2.99. The third kappa shape index (κ3) is 4.44. The van der Waals surface area contributed by atoms with Gasteiger partial charge in [-0.25, -0.2) is 0 Å². The zero-order chi connectivity index (χ0) is 23.2. The summed E-state index contributed by atoms with van der Waals surface area (Å²) in [6.07, 6.45) is 1.91. The summed E-state index contributed by atoms with van der Waals surface area (Å²) in [6.45, 7) is 18.9. The fourth-order valence-corrected chi connectivity index (χ4v) is 6.37. The second-order valence-corrected chi connectivity index (χ2v) is 12.2. The Balaban J connectivity index is 1.78. The molecule has 1 fully saturated rings. The van der Waals surface area contributed by atoms with Crippen LogP contribution in [0.3, 0.4) is 0 Å². The second kappa shape index (κ2) is 8.41. The van der Waals surface area contributed by atoms with Gasteiger partial charge in [0.15, 0.2) is 0 Å². The van der Waals surface area contributed by atoms with E-state index < -0.39 is 11.1 Å². The lowest BCUT2D eigenvalue weighted by atomic mass is 9.86. The first kappa shape index (κ1) is 24.6. The lowest BCUT2D eigenvalue weighted by Crippen LogP contribution is -2.46. The van der Waals surface area contributed by atoms with Gasteiger partial charge < -0.3 is 15.8 Å². The molecule has 1 aromatic rings. The molecule has 0 radical (unpaired) electrons. The molecule has 3 N–H and O–H groups in total. The van der Waals surface area contributed by atoms with E-state index in [1.807, 2.05) is 13.8 Å². The number of rotatable bonds is 8. The highest BCUT2D eigenvalue weighted by Gasteiger charge is 2.50. The minimum absolute atomic E-state index is 0.0646. The van der Waals surface area contributed by atoms with Crippen molar-refractivity contribution in [2.75, 3.05) is 13.1 Å². The Hall–Kier alpha value is -0.990. The molecule has 2 aliphatic heterocycles. The van der Waals surface area contributed by atoms with E-state index in [9.17, 15) is 10.1 Å². The van der Waals surface area contributed by atoms with E-state index in [1.54, 1.807) is 0 Å². The van der Waals surface area contributed by atoms with Gasteiger partial charge in [-0.3, -0.25) is 0 Å². The Bertz CT molecular complexity index is 826. The summed E-state index contributed by atoms with van der Waals surface area (Å²) in [5, 5.41) is 19.7. The molecule has 1 saturated heterocycles. The molecule has 0 spiro atoms. The van der Waals surface area contributed by atoms with E-state index in [0.29, 0.717) is 12.5 Å². The minimum atomic E-state index is -0.448. The monoisotopic (exact) mass is 448 g/mol. The van der Waals surface area contributed by atoms with E-state index in [1.165, 1.54) is 5.06 Å². The van der Waals surface area contributed by atoms with Crippen LogP contribution in [-0.4, -0.2) is 34.4 Å². The van der Waals surface area contributed by atoms with Gasteiger partial charge in [-0.15, -0.1) is 4.91 Å². The number of nitroso groups, excluding NO2 is 1. The lowest BCUT2D eigenvalue weighted by Gasteiger charge is -2.37. The molecule has 3 atom stereocenters. The molecule has 174 valence electrons. The van der Waals surface area contributed by atoms with Crippen LogP contribution in [-0.2, 0) is 11.1 Å². The quantitative estimate of drug-likeness (QED) is 0.362. The van der Waals surface area contributed by atoms with Gasteiger partial charge in [0, 0.05) is 34.2 Å². The van der Waals surface area contributed by atoms with Crippen molar-refractivity contribution in [3.8, 4) is 0 Å². The van der Waals surface area contributed by atoms with Crippen LogP contribution < -0.4 is 10.6 Å². The van der Waals surface area contributed by atoms with Crippen molar-refractivity contribution in [3.05, 3.63) is 39.8 Å². The number of nitrogens with one attached hydrogen (secondary N) is 2. The van der Waals surface area contributed by atoms with Gasteiger partial charge >= 0.3 is 0 Å². The van der Waals surface area contributed by atoms with Crippen LogP contribution in [0.1, 0.15) is 90.2 Å². The largest absolute Gasteiger partial charge is 0.315 e. The van der Waals surface area contributed by atoms with Crippen LogP contribution in [0.4, 0.5) is 0 Å². The van der Waals surface area contributed by atoms with Crippen LogP contribution >= 0.6 is 11.9 Å². The summed E-state index contributed by atoms with van der Waals surface area (Å²) in [6, 6.07) is 6.37. The molecule has 2 heterocycles. The maximum atomic E-state index is 11.2. The first-order valence-electron chi connectivity index (χ1n) is 11.4. The first-order valence-corrected chi connectivity index (χ1v) is 12.2. The average molecular weight is 449 g/mol. The van der Waals surface area contributed by atoms with Crippen LogP contribution in [0.2, 0.25) is 0 Å². The number of hydroxylamine groups is 2. The Morgan fingerprint density at radius 2 is 1.90 bits per heavy atom. The smallest absolute Gasteiger partial charge is 0.0691 e. The molecule has 0 bridgehead atoms. The molecule has 0 saturated carbocycles. The molecule has 3 unspecified atom stereocenters. The summed E-state index contributed by atoms with van der Waals surface area (Å²) in [7, 11) is 0. The molecule has 0 aliphatic carbocycles. The van der Waals surface area contributed by atoms with E-state index in [0.717, 1.165) is 48.0 Å². The number of benzene rings is 1. The molecule has 6 nitrogen and oxygen atoms in total. The fourth-order valence-electron chi connectivity index (χ4n) is 5.81. The maximum Gasteiger partial charge on any atom is 0.0691 e. The predicted octanol–water partition coefficient (Wildman–Crippen LogP) is 5.46. The van der Waals surface area contributed by atoms with Gasteiger partial charge in [0.1, 0.15) is 0 Å². The highest BCUT2D eigenvalue weighted by atomic mass is 32.2. The molecule has 0 aromatic heterocycles. The van der Waals surface area contributed by atoms with Gasteiger partial charge in [0.05, 0.1) is 16.3 Å². The van der Waals surface area contributed by atoms with Crippen LogP contribution in [0.15, 0.2) is 22.8 Å². The van der Waals surface area contributed by atoms with Crippen molar-refractivity contribution < 1.29 is 5.21 Å². The predicted molar refractivity (Wildman–Crippen MR) is 129 cm³/mol. The molecule has 7 heteroatoms. The fraction of sp³-hybridized carbons (Fsp3) is 0.750. The second-order valence-electron chi connectivity index (χ2n) is 11.3. The number of hydrogen-bond donors (Lipinski definition) is 3. The van der Waals surface area contributed by atoms with Crippen molar-refractivity contribution in [3.63, 3.8) is 0 Å². The molecule has 31 heavy (non-hydrogen) atoms. The van der Waals surface area contributed by atoms with Gasteiger partial charge in [-0.2, -0.15) is 5.06 Å². The zero-order valence-corrected chi connectivity index (χ0v) is 21.2. The lowest BCUT2D eigenvalue weighted by molar-refractivity contribution is -0.222.